The average Bonchev–Trinajstić information content (AvgIpc) is 2.71. The van der Waals surface area contributed by atoms with Crippen LogP contribution >= 0.6 is 0 Å². The van der Waals surface area contributed by atoms with Gasteiger partial charge in [0.15, 0.2) is 11.6 Å². The number of rotatable bonds is 8. The Morgan fingerprint density at radius 1 is 1.03 bits per heavy atom. The van der Waals surface area contributed by atoms with E-state index in [4.69, 9.17) is 9.47 Å². The Bertz CT molecular complexity index is 1050. The van der Waals surface area contributed by atoms with Crippen LogP contribution in [0.1, 0.15) is 11.1 Å². The quantitative estimate of drug-likeness (QED) is 0.595. The van der Waals surface area contributed by atoms with Crippen molar-refractivity contribution in [3.05, 3.63) is 59.4 Å². The molecule has 2 aromatic carbocycles. The number of halogens is 1. The molecule has 2 aromatic rings. The molecule has 0 aliphatic carbocycles. The van der Waals surface area contributed by atoms with E-state index in [0.29, 0.717) is 11.1 Å². The molecule has 162 valence electrons. The van der Waals surface area contributed by atoms with Crippen molar-refractivity contribution >= 4 is 22.0 Å². The van der Waals surface area contributed by atoms with Crippen LogP contribution in [0.15, 0.2) is 47.4 Å². The molecule has 0 aromatic heterocycles. The highest BCUT2D eigenvalue weighted by Gasteiger charge is 2.22. The average molecular weight is 437 g/mol. The summed E-state index contributed by atoms with van der Waals surface area (Å²) in [6.07, 6.45) is 2.84. The third-order valence-electron chi connectivity index (χ3n) is 4.38. The molecule has 0 radical (unpaired) electrons. The van der Waals surface area contributed by atoms with Crippen LogP contribution in [0.3, 0.4) is 0 Å². The van der Waals surface area contributed by atoms with Gasteiger partial charge in [-0.3, -0.25) is 4.79 Å². The van der Waals surface area contributed by atoms with E-state index in [1.807, 2.05) is 0 Å². The summed E-state index contributed by atoms with van der Waals surface area (Å²) in [5.41, 5.74) is 1.13. The molecule has 0 aliphatic rings. The highest BCUT2D eigenvalue weighted by atomic mass is 32.2. The van der Waals surface area contributed by atoms with Crippen LogP contribution in [0.5, 0.6) is 11.5 Å². The minimum Gasteiger partial charge on any atom is -0.495 e. The Hall–Kier alpha value is -2.91. The minimum atomic E-state index is -3.71. The number of ether oxygens (including phenoxy) is 2. The molecule has 2 rings (SSSR count). The Morgan fingerprint density at radius 2 is 1.67 bits per heavy atom. The topological polar surface area (TPSA) is 76.1 Å². The molecule has 9 heteroatoms. The van der Waals surface area contributed by atoms with Crippen molar-refractivity contribution in [3.63, 3.8) is 0 Å². The molecule has 0 heterocycles. The third kappa shape index (κ3) is 5.37. The van der Waals surface area contributed by atoms with Crippen LogP contribution in [0.2, 0.25) is 0 Å². The van der Waals surface area contributed by atoms with Gasteiger partial charge in [-0.2, -0.15) is 0 Å². The highest BCUT2D eigenvalue weighted by Crippen LogP contribution is 2.27. The molecule has 1 amide bonds. The molecule has 0 saturated carbocycles. The number of hydrogen-bond donors (Lipinski definition) is 0. The predicted octanol–water partition coefficient (Wildman–Crippen LogP) is 2.77. The first-order valence-electron chi connectivity index (χ1n) is 8.96. The number of methoxy groups -OCH3 is 2. The van der Waals surface area contributed by atoms with E-state index in [-0.39, 0.29) is 28.8 Å². The highest BCUT2D eigenvalue weighted by molar-refractivity contribution is 7.89. The molecule has 0 N–H and O–H groups in total. The van der Waals surface area contributed by atoms with Crippen LogP contribution in [0.25, 0.3) is 6.08 Å². The van der Waals surface area contributed by atoms with Gasteiger partial charge < -0.3 is 14.4 Å². The van der Waals surface area contributed by atoms with E-state index in [9.17, 15) is 17.6 Å². The number of amides is 1. The second-order valence-corrected chi connectivity index (χ2v) is 8.81. The van der Waals surface area contributed by atoms with Gasteiger partial charge in [-0.25, -0.2) is 17.1 Å². The first kappa shape index (κ1) is 23.4. The number of hydrogen-bond acceptors (Lipinski definition) is 5. The van der Waals surface area contributed by atoms with Crippen molar-refractivity contribution in [2.45, 2.75) is 11.4 Å². The number of sulfonamides is 1. The summed E-state index contributed by atoms with van der Waals surface area (Å²) < 4.78 is 49.9. The van der Waals surface area contributed by atoms with E-state index in [2.05, 4.69) is 0 Å². The van der Waals surface area contributed by atoms with Gasteiger partial charge in [0.05, 0.1) is 14.2 Å². The smallest absolute Gasteiger partial charge is 0.246 e. The molecule has 0 saturated heterocycles. The van der Waals surface area contributed by atoms with E-state index in [1.54, 1.807) is 19.2 Å². The summed E-state index contributed by atoms with van der Waals surface area (Å²) in [6, 6.07) is 9.12. The maximum absolute atomic E-state index is 13.8. The normalized spacial score (nSPS) is 11.7. The van der Waals surface area contributed by atoms with Crippen LogP contribution in [0.4, 0.5) is 4.39 Å². The largest absolute Gasteiger partial charge is 0.495 e. The van der Waals surface area contributed by atoms with Gasteiger partial charge in [0.1, 0.15) is 10.6 Å². The van der Waals surface area contributed by atoms with Crippen molar-refractivity contribution in [2.75, 3.05) is 35.4 Å². The summed E-state index contributed by atoms with van der Waals surface area (Å²) in [4.78, 5) is 13.8. The number of nitrogens with zero attached hydrogens (tertiary/aromatic N) is 2. The van der Waals surface area contributed by atoms with Gasteiger partial charge in [0.25, 0.3) is 0 Å². The monoisotopic (exact) mass is 436 g/mol. The van der Waals surface area contributed by atoms with Crippen molar-refractivity contribution in [1.82, 2.24) is 9.21 Å². The Morgan fingerprint density at radius 3 is 2.23 bits per heavy atom. The van der Waals surface area contributed by atoms with Crippen LogP contribution in [0, 0.1) is 5.82 Å². The summed E-state index contributed by atoms with van der Waals surface area (Å²) in [7, 11) is 3.50. The third-order valence-corrected chi connectivity index (χ3v) is 6.21. The fraction of sp³-hybridized carbons (Fsp3) is 0.286. The van der Waals surface area contributed by atoms with Crippen molar-refractivity contribution < 1.29 is 27.1 Å². The summed E-state index contributed by atoms with van der Waals surface area (Å²) in [5.74, 6) is -0.472. The van der Waals surface area contributed by atoms with E-state index >= 15 is 0 Å². The standard InChI is InChI=1S/C21H25FN2O5S/c1-23(2)30(26,27)20-13-15(6-10-19(20)29-5)8-11-21(25)24(3)14-16-7-9-18(28-4)17(22)12-16/h6-13H,14H2,1-5H3/b11-8+. The van der Waals surface area contributed by atoms with E-state index < -0.39 is 15.8 Å². The molecule has 0 aliphatic heterocycles. The Balaban J connectivity index is 2.18. The van der Waals surface area contributed by atoms with Gasteiger partial charge >= 0.3 is 0 Å². The number of likely N-dealkylation sites (N-methyl/N-ethyl adjacent to an activating group) is 1. The fourth-order valence-electron chi connectivity index (χ4n) is 2.65. The second-order valence-electron chi connectivity index (χ2n) is 6.69. The first-order valence-corrected chi connectivity index (χ1v) is 10.4. The number of carbonyl (C=O) groups is 1. The zero-order valence-corrected chi connectivity index (χ0v) is 18.4. The lowest BCUT2D eigenvalue weighted by molar-refractivity contribution is -0.125. The van der Waals surface area contributed by atoms with Gasteiger partial charge in [0, 0.05) is 33.8 Å². The summed E-state index contributed by atoms with van der Waals surface area (Å²) in [6.45, 7) is 0.201. The Kier molecular flexibility index (Phi) is 7.58. The molecule has 0 atom stereocenters. The van der Waals surface area contributed by atoms with Crippen molar-refractivity contribution in [1.29, 1.82) is 0 Å². The maximum Gasteiger partial charge on any atom is 0.246 e. The van der Waals surface area contributed by atoms with Crippen LogP contribution < -0.4 is 9.47 Å². The molecular formula is C21H25FN2O5S. The SMILES string of the molecule is COc1ccc(CN(C)C(=O)/C=C/c2ccc(OC)c(S(=O)(=O)N(C)C)c2)cc1F. The summed E-state index contributed by atoms with van der Waals surface area (Å²) >= 11 is 0. The minimum absolute atomic E-state index is 0.00617. The summed E-state index contributed by atoms with van der Waals surface area (Å²) in [5, 5.41) is 0. The zero-order chi connectivity index (χ0) is 22.5. The lowest BCUT2D eigenvalue weighted by atomic mass is 10.2. The van der Waals surface area contributed by atoms with Crippen LogP contribution in [-0.4, -0.2) is 58.9 Å². The van der Waals surface area contributed by atoms with Crippen molar-refractivity contribution in [2.24, 2.45) is 0 Å². The van der Waals surface area contributed by atoms with Gasteiger partial charge in [-0.1, -0.05) is 12.1 Å². The lowest BCUT2D eigenvalue weighted by Gasteiger charge is -2.16. The van der Waals surface area contributed by atoms with E-state index in [1.165, 1.54) is 69.6 Å². The molecule has 30 heavy (non-hydrogen) atoms. The van der Waals surface area contributed by atoms with Gasteiger partial charge in [-0.05, 0) is 41.5 Å². The van der Waals surface area contributed by atoms with Gasteiger partial charge in [0.2, 0.25) is 15.9 Å². The first-order chi connectivity index (χ1) is 14.1. The van der Waals surface area contributed by atoms with Crippen LogP contribution in [-0.2, 0) is 21.4 Å². The van der Waals surface area contributed by atoms with Gasteiger partial charge in [-0.15, -0.1) is 0 Å². The van der Waals surface area contributed by atoms with Crippen molar-refractivity contribution in [3.8, 4) is 11.5 Å². The molecule has 0 bridgehead atoms. The molecule has 0 spiro atoms. The Labute approximate surface area is 176 Å². The molecule has 7 nitrogen and oxygen atoms in total. The fourth-order valence-corrected chi connectivity index (χ4v) is 3.73. The number of carbonyl (C=O) groups excluding carboxylic acids is 1. The molecule has 0 unspecified atom stereocenters. The molecular weight excluding hydrogens is 411 g/mol. The number of benzene rings is 2. The molecule has 0 fully saturated rings. The van der Waals surface area contributed by atoms with E-state index in [0.717, 1.165) is 4.31 Å². The maximum atomic E-state index is 13.8. The lowest BCUT2D eigenvalue weighted by Crippen LogP contribution is -2.24. The predicted molar refractivity (Wildman–Crippen MR) is 112 cm³/mol. The zero-order valence-electron chi connectivity index (χ0n) is 17.5. The second kappa shape index (κ2) is 9.73.